The predicted molar refractivity (Wildman–Crippen MR) is 51.8 cm³/mol. The second-order valence-corrected chi connectivity index (χ2v) is 3.17. The summed E-state index contributed by atoms with van der Waals surface area (Å²) >= 11 is 5.63. The van der Waals surface area contributed by atoms with E-state index in [-0.39, 0.29) is 17.3 Å². The SMILES string of the molecule is CN(CC#N)C(=O)c1cc(F)cnc1Cl. The Balaban J connectivity index is 3.01. The van der Waals surface area contributed by atoms with Crippen LogP contribution in [0.3, 0.4) is 0 Å². The Labute approximate surface area is 90.9 Å². The molecule has 0 unspecified atom stereocenters. The largest absolute Gasteiger partial charge is 0.328 e. The maximum atomic E-state index is 12.8. The number of nitrogens with zero attached hydrogens (tertiary/aromatic N) is 3. The van der Waals surface area contributed by atoms with Crippen LogP contribution in [0.4, 0.5) is 4.39 Å². The van der Waals surface area contributed by atoms with Crippen LogP contribution in [0.1, 0.15) is 10.4 Å². The highest BCUT2D eigenvalue weighted by Crippen LogP contribution is 2.15. The van der Waals surface area contributed by atoms with Crippen molar-refractivity contribution in [3.63, 3.8) is 0 Å². The van der Waals surface area contributed by atoms with Gasteiger partial charge in [0.05, 0.1) is 17.8 Å². The van der Waals surface area contributed by atoms with Gasteiger partial charge in [-0.3, -0.25) is 4.79 Å². The van der Waals surface area contributed by atoms with E-state index in [4.69, 9.17) is 16.9 Å². The maximum absolute atomic E-state index is 12.8. The Kier molecular flexibility index (Phi) is 3.58. The molecule has 0 spiro atoms. The minimum absolute atomic E-state index is 0.0468. The molecule has 0 aliphatic rings. The molecule has 0 saturated carbocycles. The third kappa shape index (κ3) is 2.64. The summed E-state index contributed by atoms with van der Waals surface area (Å²) in [7, 11) is 1.42. The van der Waals surface area contributed by atoms with Crippen LogP contribution >= 0.6 is 11.6 Å². The minimum atomic E-state index is -0.645. The van der Waals surface area contributed by atoms with E-state index in [1.807, 2.05) is 0 Å². The van der Waals surface area contributed by atoms with Gasteiger partial charge in [-0.05, 0) is 6.07 Å². The highest BCUT2D eigenvalue weighted by Gasteiger charge is 2.16. The Bertz CT molecular complexity index is 430. The van der Waals surface area contributed by atoms with Gasteiger partial charge in [0, 0.05) is 7.05 Å². The maximum Gasteiger partial charge on any atom is 0.257 e. The standard InChI is InChI=1S/C9H7ClFN3O/c1-14(3-2-12)9(15)7-4-6(11)5-13-8(7)10/h4-5H,3H2,1H3. The summed E-state index contributed by atoms with van der Waals surface area (Å²) in [4.78, 5) is 16.2. The van der Waals surface area contributed by atoms with Gasteiger partial charge in [0.2, 0.25) is 0 Å². The number of carbonyl (C=O) groups is 1. The van der Waals surface area contributed by atoms with Gasteiger partial charge in [-0.2, -0.15) is 5.26 Å². The molecule has 0 radical (unpaired) electrons. The fraction of sp³-hybridized carbons (Fsp3) is 0.222. The normalized spacial score (nSPS) is 9.47. The first-order valence-corrected chi connectivity index (χ1v) is 4.37. The first-order chi connectivity index (χ1) is 7.06. The quantitative estimate of drug-likeness (QED) is 0.568. The van der Waals surface area contributed by atoms with Crippen molar-refractivity contribution in [1.82, 2.24) is 9.88 Å². The van der Waals surface area contributed by atoms with Crippen LogP contribution in [-0.4, -0.2) is 29.4 Å². The molecule has 1 aromatic heterocycles. The summed E-state index contributed by atoms with van der Waals surface area (Å²) < 4.78 is 12.8. The summed E-state index contributed by atoms with van der Waals surface area (Å²) in [5, 5.41) is 8.31. The van der Waals surface area contributed by atoms with Crippen LogP contribution in [0.5, 0.6) is 0 Å². The summed E-state index contributed by atoms with van der Waals surface area (Å²) in [5.74, 6) is -1.18. The van der Waals surface area contributed by atoms with Gasteiger partial charge in [0.15, 0.2) is 0 Å². The molecular formula is C9H7ClFN3O. The molecule has 0 bridgehead atoms. The molecule has 78 valence electrons. The zero-order chi connectivity index (χ0) is 11.4. The van der Waals surface area contributed by atoms with E-state index in [2.05, 4.69) is 4.98 Å². The lowest BCUT2D eigenvalue weighted by atomic mass is 10.2. The number of hydrogen-bond donors (Lipinski definition) is 0. The average Bonchev–Trinajstić information content (AvgIpc) is 2.21. The summed E-state index contributed by atoms with van der Waals surface area (Å²) in [6.45, 7) is -0.0916. The Morgan fingerprint density at radius 3 is 3.07 bits per heavy atom. The molecule has 0 aliphatic carbocycles. The molecule has 0 saturated heterocycles. The van der Waals surface area contributed by atoms with E-state index in [1.165, 1.54) is 7.05 Å². The smallest absolute Gasteiger partial charge is 0.257 e. The number of carbonyl (C=O) groups excluding carboxylic acids is 1. The molecule has 6 heteroatoms. The number of halogens is 2. The monoisotopic (exact) mass is 227 g/mol. The highest BCUT2D eigenvalue weighted by molar-refractivity contribution is 6.32. The number of hydrogen-bond acceptors (Lipinski definition) is 3. The Morgan fingerprint density at radius 1 is 1.80 bits per heavy atom. The first kappa shape index (κ1) is 11.4. The van der Waals surface area contributed by atoms with E-state index in [9.17, 15) is 9.18 Å². The fourth-order valence-electron chi connectivity index (χ4n) is 0.956. The molecule has 0 atom stereocenters. The topological polar surface area (TPSA) is 57.0 Å². The van der Waals surface area contributed by atoms with Crippen LogP contribution in [0.25, 0.3) is 0 Å². The van der Waals surface area contributed by atoms with Crippen molar-refractivity contribution in [3.8, 4) is 6.07 Å². The number of aromatic nitrogens is 1. The van der Waals surface area contributed by atoms with Gasteiger partial charge in [0.1, 0.15) is 17.5 Å². The number of pyridine rings is 1. The molecule has 1 amide bonds. The van der Waals surface area contributed by atoms with Crippen molar-refractivity contribution in [3.05, 3.63) is 28.8 Å². The van der Waals surface area contributed by atoms with Crippen LogP contribution in [0.2, 0.25) is 5.15 Å². The molecular weight excluding hydrogens is 221 g/mol. The van der Waals surface area contributed by atoms with Crippen molar-refractivity contribution in [2.45, 2.75) is 0 Å². The van der Waals surface area contributed by atoms with Gasteiger partial charge in [-0.15, -0.1) is 0 Å². The average molecular weight is 228 g/mol. The predicted octanol–water partition coefficient (Wildman–Crippen LogP) is 1.47. The summed E-state index contributed by atoms with van der Waals surface area (Å²) in [6, 6.07) is 2.79. The van der Waals surface area contributed by atoms with Gasteiger partial charge in [-0.1, -0.05) is 11.6 Å². The van der Waals surface area contributed by atoms with Crippen LogP contribution in [-0.2, 0) is 0 Å². The van der Waals surface area contributed by atoms with Crippen LogP contribution in [0, 0.1) is 17.1 Å². The lowest BCUT2D eigenvalue weighted by Crippen LogP contribution is -2.27. The van der Waals surface area contributed by atoms with Crippen LogP contribution < -0.4 is 0 Å². The Morgan fingerprint density at radius 2 is 2.47 bits per heavy atom. The molecule has 1 heterocycles. The number of amides is 1. The number of nitriles is 1. The lowest BCUT2D eigenvalue weighted by Gasteiger charge is -2.13. The molecule has 4 nitrogen and oxygen atoms in total. The zero-order valence-electron chi connectivity index (χ0n) is 7.87. The summed E-state index contributed by atoms with van der Waals surface area (Å²) in [6.07, 6.45) is 0.920. The summed E-state index contributed by atoms with van der Waals surface area (Å²) in [5.41, 5.74) is -0.0468. The van der Waals surface area contributed by atoms with Crippen molar-refractivity contribution < 1.29 is 9.18 Å². The molecule has 1 aromatic rings. The third-order valence-electron chi connectivity index (χ3n) is 1.69. The number of rotatable bonds is 2. The van der Waals surface area contributed by atoms with Gasteiger partial charge in [0.25, 0.3) is 5.91 Å². The Hall–Kier alpha value is -1.67. The van der Waals surface area contributed by atoms with Crippen molar-refractivity contribution in [1.29, 1.82) is 5.26 Å². The van der Waals surface area contributed by atoms with Gasteiger partial charge >= 0.3 is 0 Å². The van der Waals surface area contributed by atoms with E-state index in [0.29, 0.717) is 0 Å². The first-order valence-electron chi connectivity index (χ1n) is 3.99. The lowest BCUT2D eigenvalue weighted by molar-refractivity contribution is 0.0811. The highest BCUT2D eigenvalue weighted by atomic mass is 35.5. The zero-order valence-corrected chi connectivity index (χ0v) is 8.62. The van der Waals surface area contributed by atoms with E-state index < -0.39 is 11.7 Å². The van der Waals surface area contributed by atoms with Gasteiger partial charge < -0.3 is 4.90 Å². The van der Waals surface area contributed by atoms with Crippen molar-refractivity contribution >= 4 is 17.5 Å². The molecule has 15 heavy (non-hydrogen) atoms. The molecule has 0 N–H and O–H groups in total. The van der Waals surface area contributed by atoms with Gasteiger partial charge in [-0.25, -0.2) is 9.37 Å². The van der Waals surface area contributed by atoms with Crippen molar-refractivity contribution in [2.75, 3.05) is 13.6 Å². The molecule has 0 fully saturated rings. The molecule has 0 aromatic carbocycles. The van der Waals surface area contributed by atoms with E-state index in [1.54, 1.807) is 6.07 Å². The van der Waals surface area contributed by atoms with Crippen molar-refractivity contribution in [2.24, 2.45) is 0 Å². The third-order valence-corrected chi connectivity index (χ3v) is 1.99. The van der Waals surface area contributed by atoms with E-state index in [0.717, 1.165) is 17.2 Å². The van der Waals surface area contributed by atoms with Crippen LogP contribution in [0.15, 0.2) is 12.3 Å². The second kappa shape index (κ2) is 4.71. The van der Waals surface area contributed by atoms with E-state index >= 15 is 0 Å². The second-order valence-electron chi connectivity index (χ2n) is 2.81. The fourth-order valence-corrected chi connectivity index (χ4v) is 1.14. The molecule has 0 aliphatic heterocycles. The minimum Gasteiger partial charge on any atom is -0.328 e. The molecule has 1 rings (SSSR count).